The standard InChI is InChI=1S/C31H44O2/c1-10-14-23(8)30(19-29(32)25-15-12-11-13-16-25)33-24(9)31-27(21(4)5)17-26(20(2)3)18-28(31)22(6)7/h10-18,20-24,30H,19H2,1-9H3/b14-10+/t23-,24-,30+/m1/s1. The van der Waals surface area contributed by atoms with Crippen LogP contribution < -0.4 is 0 Å². The van der Waals surface area contributed by atoms with E-state index in [4.69, 9.17) is 4.74 Å². The summed E-state index contributed by atoms with van der Waals surface area (Å²) in [4.78, 5) is 13.0. The number of rotatable bonds is 11. The molecule has 0 bridgehead atoms. The van der Waals surface area contributed by atoms with Crippen LogP contribution >= 0.6 is 0 Å². The monoisotopic (exact) mass is 448 g/mol. The van der Waals surface area contributed by atoms with Gasteiger partial charge in [-0.15, -0.1) is 0 Å². The molecule has 33 heavy (non-hydrogen) atoms. The molecule has 2 aromatic rings. The van der Waals surface area contributed by atoms with E-state index in [1.54, 1.807) is 0 Å². The number of hydrogen-bond acceptors (Lipinski definition) is 2. The lowest BCUT2D eigenvalue weighted by atomic mass is 9.82. The van der Waals surface area contributed by atoms with E-state index in [1.807, 2.05) is 37.3 Å². The van der Waals surface area contributed by atoms with Crippen molar-refractivity contribution in [3.63, 3.8) is 0 Å². The van der Waals surface area contributed by atoms with Gasteiger partial charge in [0.25, 0.3) is 0 Å². The molecule has 2 heteroatoms. The van der Waals surface area contributed by atoms with E-state index in [0.29, 0.717) is 24.2 Å². The predicted octanol–water partition coefficient (Wildman–Crippen LogP) is 8.99. The average molecular weight is 449 g/mol. The van der Waals surface area contributed by atoms with Gasteiger partial charge in [-0.2, -0.15) is 0 Å². The van der Waals surface area contributed by atoms with Crippen LogP contribution in [0, 0.1) is 5.92 Å². The van der Waals surface area contributed by atoms with Gasteiger partial charge in [0.1, 0.15) is 0 Å². The Kier molecular flexibility index (Phi) is 10.1. The van der Waals surface area contributed by atoms with E-state index in [0.717, 1.165) is 5.56 Å². The highest BCUT2D eigenvalue weighted by molar-refractivity contribution is 5.96. The third-order valence-electron chi connectivity index (χ3n) is 6.53. The van der Waals surface area contributed by atoms with Gasteiger partial charge in [0.05, 0.1) is 12.2 Å². The molecule has 2 nitrogen and oxygen atoms in total. The molecule has 0 fully saturated rings. The fraction of sp³-hybridized carbons (Fsp3) is 0.516. The Hall–Kier alpha value is -2.19. The number of ketones is 1. The lowest BCUT2D eigenvalue weighted by Crippen LogP contribution is -2.26. The van der Waals surface area contributed by atoms with Crippen molar-refractivity contribution in [3.05, 3.63) is 82.4 Å². The van der Waals surface area contributed by atoms with E-state index in [-0.39, 0.29) is 23.9 Å². The second kappa shape index (κ2) is 12.3. The van der Waals surface area contributed by atoms with Crippen LogP contribution in [0.5, 0.6) is 0 Å². The maximum Gasteiger partial charge on any atom is 0.165 e. The zero-order valence-corrected chi connectivity index (χ0v) is 22.2. The van der Waals surface area contributed by atoms with Crippen LogP contribution in [0.1, 0.15) is 125 Å². The molecule has 0 radical (unpaired) electrons. The van der Waals surface area contributed by atoms with Crippen molar-refractivity contribution in [2.45, 2.75) is 98.7 Å². The Labute approximate surface area is 202 Å². The fourth-order valence-corrected chi connectivity index (χ4v) is 4.52. The Balaban J connectivity index is 2.45. The largest absolute Gasteiger partial charge is 0.369 e. The first-order chi connectivity index (χ1) is 15.6. The first-order valence-corrected chi connectivity index (χ1v) is 12.6. The van der Waals surface area contributed by atoms with Crippen molar-refractivity contribution in [2.24, 2.45) is 5.92 Å². The summed E-state index contributed by atoms with van der Waals surface area (Å²) in [5.74, 6) is 1.56. The summed E-state index contributed by atoms with van der Waals surface area (Å²) in [5, 5.41) is 0. The van der Waals surface area contributed by atoms with Crippen LogP contribution in [0.4, 0.5) is 0 Å². The molecule has 0 aliphatic rings. The van der Waals surface area contributed by atoms with Crippen molar-refractivity contribution in [2.75, 3.05) is 0 Å². The third kappa shape index (κ3) is 7.14. The molecule has 0 N–H and O–H groups in total. The minimum absolute atomic E-state index is 0.0951. The molecule has 0 unspecified atom stereocenters. The van der Waals surface area contributed by atoms with Gasteiger partial charge >= 0.3 is 0 Å². The van der Waals surface area contributed by atoms with E-state index < -0.39 is 0 Å². The van der Waals surface area contributed by atoms with Gasteiger partial charge in [-0.1, -0.05) is 103 Å². The number of allylic oxidation sites excluding steroid dienone is 1. The quantitative estimate of drug-likeness (QED) is 0.253. The van der Waals surface area contributed by atoms with E-state index in [2.05, 4.69) is 79.7 Å². The molecule has 0 saturated heterocycles. The molecule has 0 heterocycles. The Morgan fingerprint density at radius 2 is 1.39 bits per heavy atom. The van der Waals surface area contributed by atoms with E-state index in [9.17, 15) is 4.79 Å². The number of benzene rings is 2. The smallest absolute Gasteiger partial charge is 0.165 e. The predicted molar refractivity (Wildman–Crippen MR) is 141 cm³/mol. The summed E-state index contributed by atoms with van der Waals surface area (Å²) in [7, 11) is 0. The molecular formula is C31H44O2. The maximum atomic E-state index is 13.0. The van der Waals surface area contributed by atoms with Crippen molar-refractivity contribution >= 4 is 5.78 Å². The summed E-state index contributed by atoms with van der Waals surface area (Å²) in [5.41, 5.74) is 6.16. The van der Waals surface area contributed by atoms with Crippen LogP contribution in [0.25, 0.3) is 0 Å². The highest BCUT2D eigenvalue weighted by Crippen LogP contribution is 2.38. The second-order valence-electron chi connectivity index (χ2n) is 10.3. The highest BCUT2D eigenvalue weighted by Gasteiger charge is 2.27. The summed E-state index contributed by atoms with van der Waals surface area (Å²) in [6, 6.07) is 14.3. The number of hydrogen-bond donors (Lipinski definition) is 0. The van der Waals surface area contributed by atoms with Gasteiger partial charge in [-0.3, -0.25) is 4.79 Å². The first-order valence-electron chi connectivity index (χ1n) is 12.6. The summed E-state index contributed by atoms with van der Waals surface area (Å²) in [6.07, 6.45) is 4.29. The molecule has 0 aliphatic carbocycles. The number of Topliss-reactive ketones (excluding diaryl/α,β-unsaturated/α-hetero) is 1. The summed E-state index contributed by atoms with van der Waals surface area (Å²) < 4.78 is 6.75. The summed E-state index contributed by atoms with van der Waals surface area (Å²) in [6.45, 7) is 19.9. The Morgan fingerprint density at radius 3 is 1.85 bits per heavy atom. The Bertz CT molecular complexity index is 892. The van der Waals surface area contributed by atoms with Gasteiger partial charge in [0.15, 0.2) is 5.78 Å². The SMILES string of the molecule is C/C=C/[C@@H](C)[C@H](CC(=O)c1ccccc1)O[C@H](C)c1c(C(C)C)cc(C(C)C)cc1C(C)C. The van der Waals surface area contributed by atoms with Crippen LogP contribution in [-0.2, 0) is 4.74 Å². The van der Waals surface area contributed by atoms with Crippen molar-refractivity contribution in [1.82, 2.24) is 0 Å². The second-order valence-corrected chi connectivity index (χ2v) is 10.3. The number of carbonyl (C=O) groups excluding carboxylic acids is 1. The minimum atomic E-state index is -0.186. The molecule has 0 saturated carbocycles. The number of carbonyl (C=O) groups is 1. The van der Waals surface area contributed by atoms with E-state index in [1.165, 1.54) is 22.3 Å². The van der Waals surface area contributed by atoms with E-state index >= 15 is 0 Å². The van der Waals surface area contributed by atoms with Gasteiger partial charge in [-0.25, -0.2) is 0 Å². The lowest BCUT2D eigenvalue weighted by molar-refractivity contribution is -0.0240. The fourth-order valence-electron chi connectivity index (χ4n) is 4.52. The van der Waals surface area contributed by atoms with Crippen LogP contribution in [0.15, 0.2) is 54.6 Å². The van der Waals surface area contributed by atoms with Crippen LogP contribution in [-0.4, -0.2) is 11.9 Å². The number of ether oxygens (including phenoxy) is 1. The molecule has 3 atom stereocenters. The maximum absolute atomic E-state index is 13.0. The zero-order valence-electron chi connectivity index (χ0n) is 22.2. The molecule has 180 valence electrons. The molecule has 2 rings (SSSR count). The van der Waals surface area contributed by atoms with Crippen LogP contribution in [0.2, 0.25) is 0 Å². The van der Waals surface area contributed by atoms with Crippen molar-refractivity contribution in [1.29, 1.82) is 0 Å². The Morgan fingerprint density at radius 1 is 0.848 bits per heavy atom. The normalized spacial score (nSPS) is 14.9. The molecule has 0 spiro atoms. The van der Waals surface area contributed by atoms with Gasteiger partial charge in [0, 0.05) is 17.9 Å². The molecular weight excluding hydrogens is 404 g/mol. The zero-order chi connectivity index (χ0) is 24.7. The molecule has 0 aromatic heterocycles. The van der Waals surface area contributed by atoms with Gasteiger partial charge in [0.2, 0.25) is 0 Å². The summed E-state index contributed by atoms with van der Waals surface area (Å²) >= 11 is 0. The average Bonchev–Trinajstić information content (AvgIpc) is 2.78. The van der Waals surface area contributed by atoms with Gasteiger partial charge in [-0.05, 0) is 53.9 Å². The first kappa shape index (κ1) is 27.1. The highest BCUT2D eigenvalue weighted by atomic mass is 16.5. The molecule has 2 aromatic carbocycles. The topological polar surface area (TPSA) is 26.3 Å². The lowest BCUT2D eigenvalue weighted by Gasteiger charge is -2.31. The minimum Gasteiger partial charge on any atom is -0.369 e. The van der Waals surface area contributed by atoms with Crippen molar-refractivity contribution in [3.8, 4) is 0 Å². The van der Waals surface area contributed by atoms with Gasteiger partial charge < -0.3 is 4.74 Å². The molecule has 0 aliphatic heterocycles. The third-order valence-corrected chi connectivity index (χ3v) is 6.53. The van der Waals surface area contributed by atoms with Crippen molar-refractivity contribution < 1.29 is 9.53 Å². The molecule has 0 amide bonds. The van der Waals surface area contributed by atoms with Crippen LogP contribution in [0.3, 0.4) is 0 Å².